The molecule has 55 valence electrons. The first-order chi connectivity index (χ1) is 5.43. The maximum absolute atomic E-state index is 9.76. The van der Waals surface area contributed by atoms with Crippen LogP contribution in [0.2, 0.25) is 0 Å². The largest absolute Gasteiger partial charge is 0.289 e. The summed E-state index contributed by atoms with van der Waals surface area (Å²) < 4.78 is 0. The molecule has 0 amide bonds. The Bertz CT molecular complexity index is 241. The zero-order valence-corrected chi connectivity index (χ0v) is 6.03. The van der Waals surface area contributed by atoms with Crippen LogP contribution < -0.4 is 0 Å². The van der Waals surface area contributed by atoms with E-state index >= 15 is 0 Å². The number of rotatable bonds is 3. The molecule has 0 aliphatic heterocycles. The molecule has 1 aromatic rings. The summed E-state index contributed by atoms with van der Waals surface area (Å²) in [7, 11) is 0. The van der Waals surface area contributed by atoms with Crippen LogP contribution in [-0.2, 0) is 4.79 Å². The molecule has 0 unspecified atom stereocenters. The van der Waals surface area contributed by atoms with Crippen LogP contribution in [0.25, 0.3) is 0 Å². The molecule has 0 aromatic heterocycles. The maximum atomic E-state index is 9.76. The summed E-state index contributed by atoms with van der Waals surface area (Å²) in [5.74, 6) is 0. The van der Waals surface area contributed by atoms with E-state index < -0.39 is 0 Å². The van der Waals surface area contributed by atoms with Crippen molar-refractivity contribution in [2.75, 3.05) is 6.54 Å². The lowest BCUT2D eigenvalue weighted by atomic mass is 10.2. The first-order valence-electron chi connectivity index (χ1n) is 3.33. The summed E-state index contributed by atoms with van der Waals surface area (Å²) in [5, 5.41) is 0. The summed E-state index contributed by atoms with van der Waals surface area (Å²) in [5.41, 5.74) is 1.00. The van der Waals surface area contributed by atoms with Crippen LogP contribution in [0.5, 0.6) is 0 Å². The van der Waals surface area contributed by atoms with Gasteiger partial charge in [-0.05, 0) is 5.56 Å². The molecule has 0 atom stereocenters. The number of nitrogens with zero attached hydrogens (tertiary/aromatic N) is 1. The summed E-state index contributed by atoms with van der Waals surface area (Å²) in [6, 6.07) is 9.63. The number of hydrogen-bond acceptors (Lipinski definition) is 2. The van der Waals surface area contributed by atoms with Gasteiger partial charge < -0.3 is 0 Å². The van der Waals surface area contributed by atoms with Gasteiger partial charge in [0.15, 0.2) is 0 Å². The second kappa shape index (κ2) is 4.39. The molecule has 2 nitrogen and oxygen atoms in total. The highest BCUT2D eigenvalue weighted by Crippen LogP contribution is 1.93. The van der Waals surface area contributed by atoms with Gasteiger partial charge in [0.05, 0.1) is 0 Å². The van der Waals surface area contributed by atoms with Crippen molar-refractivity contribution in [2.24, 2.45) is 4.99 Å². The Morgan fingerprint density at radius 1 is 1.36 bits per heavy atom. The predicted octanol–water partition coefficient (Wildman–Crippen LogP) is 1.22. The van der Waals surface area contributed by atoms with Crippen LogP contribution in [0.4, 0.5) is 0 Å². The van der Waals surface area contributed by atoms with E-state index in [1.54, 1.807) is 12.5 Å². The standard InChI is InChI=1S/C9H8NO/c11-7-6-10-8-9-4-2-1-3-5-9/h1-5,8H,6H2/b10-8+. The van der Waals surface area contributed by atoms with Crippen molar-refractivity contribution in [3.8, 4) is 0 Å². The van der Waals surface area contributed by atoms with E-state index in [1.165, 1.54) is 0 Å². The van der Waals surface area contributed by atoms with Crippen LogP contribution >= 0.6 is 0 Å². The van der Waals surface area contributed by atoms with Gasteiger partial charge in [0.2, 0.25) is 6.29 Å². The van der Waals surface area contributed by atoms with E-state index in [9.17, 15) is 4.79 Å². The Balaban J connectivity index is 2.57. The van der Waals surface area contributed by atoms with Gasteiger partial charge >= 0.3 is 0 Å². The van der Waals surface area contributed by atoms with E-state index in [1.807, 2.05) is 30.3 Å². The average Bonchev–Trinajstić information content (AvgIpc) is 2.07. The number of aliphatic imine (C=N–C) groups is 1. The highest BCUT2D eigenvalue weighted by molar-refractivity contribution is 5.80. The minimum absolute atomic E-state index is 0.120. The van der Waals surface area contributed by atoms with E-state index in [0.717, 1.165) is 5.56 Å². The zero-order chi connectivity index (χ0) is 7.94. The lowest BCUT2D eigenvalue weighted by Gasteiger charge is -1.87. The van der Waals surface area contributed by atoms with Crippen molar-refractivity contribution in [3.05, 3.63) is 35.9 Å². The lowest BCUT2D eigenvalue weighted by molar-refractivity contribution is 0.556. The third-order valence-electron chi connectivity index (χ3n) is 1.20. The molecule has 0 aliphatic rings. The number of benzene rings is 1. The molecular weight excluding hydrogens is 138 g/mol. The molecule has 1 aromatic carbocycles. The molecule has 2 heteroatoms. The van der Waals surface area contributed by atoms with Crippen LogP contribution in [-0.4, -0.2) is 19.0 Å². The average molecular weight is 146 g/mol. The second-order valence-corrected chi connectivity index (χ2v) is 2.02. The predicted molar refractivity (Wildman–Crippen MR) is 44.6 cm³/mol. The second-order valence-electron chi connectivity index (χ2n) is 2.02. The lowest BCUT2D eigenvalue weighted by Crippen LogP contribution is -1.83. The quantitative estimate of drug-likeness (QED) is 0.589. The van der Waals surface area contributed by atoms with E-state index in [-0.39, 0.29) is 6.54 Å². The maximum Gasteiger partial charge on any atom is 0.221 e. The normalized spacial score (nSPS) is 10.2. The van der Waals surface area contributed by atoms with Gasteiger partial charge in [-0.15, -0.1) is 0 Å². The third kappa shape index (κ3) is 2.76. The van der Waals surface area contributed by atoms with Crippen molar-refractivity contribution in [1.29, 1.82) is 0 Å². The Morgan fingerprint density at radius 2 is 2.09 bits per heavy atom. The molecule has 0 saturated carbocycles. The number of hydrogen-bond donors (Lipinski definition) is 0. The summed E-state index contributed by atoms with van der Waals surface area (Å²) in [4.78, 5) is 13.6. The Hall–Kier alpha value is -1.44. The molecule has 0 saturated heterocycles. The van der Waals surface area contributed by atoms with Gasteiger partial charge in [-0.1, -0.05) is 30.3 Å². The molecule has 0 bridgehead atoms. The fraction of sp³-hybridized carbons (Fsp3) is 0.111. The van der Waals surface area contributed by atoms with E-state index in [0.29, 0.717) is 0 Å². The van der Waals surface area contributed by atoms with Crippen molar-refractivity contribution in [2.45, 2.75) is 0 Å². The van der Waals surface area contributed by atoms with Gasteiger partial charge in [-0.2, -0.15) is 0 Å². The molecule has 0 aliphatic carbocycles. The van der Waals surface area contributed by atoms with Gasteiger partial charge in [0.25, 0.3) is 0 Å². The van der Waals surface area contributed by atoms with Crippen molar-refractivity contribution in [1.82, 2.24) is 0 Å². The molecule has 0 spiro atoms. The highest BCUT2D eigenvalue weighted by atomic mass is 16.1. The van der Waals surface area contributed by atoms with Crippen LogP contribution in [0, 0.1) is 0 Å². The number of carbonyl (C=O) groups excluding carboxylic acids is 1. The Kier molecular flexibility index (Phi) is 3.06. The van der Waals surface area contributed by atoms with Crippen molar-refractivity contribution < 1.29 is 4.79 Å². The Morgan fingerprint density at radius 3 is 2.73 bits per heavy atom. The molecule has 1 radical (unpaired) electrons. The van der Waals surface area contributed by atoms with Gasteiger partial charge in [-0.3, -0.25) is 9.79 Å². The third-order valence-corrected chi connectivity index (χ3v) is 1.20. The van der Waals surface area contributed by atoms with Crippen LogP contribution in [0.3, 0.4) is 0 Å². The smallest absolute Gasteiger partial charge is 0.221 e. The van der Waals surface area contributed by atoms with Crippen LogP contribution in [0.1, 0.15) is 5.56 Å². The zero-order valence-electron chi connectivity index (χ0n) is 6.03. The molecule has 0 N–H and O–H groups in total. The minimum atomic E-state index is 0.120. The topological polar surface area (TPSA) is 29.4 Å². The van der Waals surface area contributed by atoms with E-state index in [4.69, 9.17) is 0 Å². The molecule has 0 fully saturated rings. The summed E-state index contributed by atoms with van der Waals surface area (Å²) in [6.45, 7) is 0.120. The summed E-state index contributed by atoms with van der Waals surface area (Å²) in [6.07, 6.45) is 3.35. The first-order valence-corrected chi connectivity index (χ1v) is 3.33. The Labute approximate surface area is 65.6 Å². The van der Waals surface area contributed by atoms with Crippen LogP contribution in [0.15, 0.2) is 35.3 Å². The molecule has 11 heavy (non-hydrogen) atoms. The SMILES string of the molecule is O=[C]C/N=C/c1ccccc1. The van der Waals surface area contributed by atoms with Crippen molar-refractivity contribution in [3.63, 3.8) is 0 Å². The summed E-state index contributed by atoms with van der Waals surface area (Å²) >= 11 is 0. The highest BCUT2D eigenvalue weighted by Gasteiger charge is 1.81. The molecule has 1 rings (SSSR count). The first kappa shape index (κ1) is 7.66. The monoisotopic (exact) mass is 146 g/mol. The van der Waals surface area contributed by atoms with Gasteiger partial charge in [0.1, 0.15) is 6.54 Å². The van der Waals surface area contributed by atoms with E-state index in [2.05, 4.69) is 4.99 Å². The van der Waals surface area contributed by atoms with Gasteiger partial charge in [0, 0.05) is 6.21 Å². The van der Waals surface area contributed by atoms with Crippen molar-refractivity contribution >= 4 is 12.5 Å². The molecule has 0 heterocycles. The van der Waals surface area contributed by atoms with Gasteiger partial charge in [-0.25, -0.2) is 0 Å². The fourth-order valence-corrected chi connectivity index (χ4v) is 0.727. The minimum Gasteiger partial charge on any atom is -0.289 e. The fourth-order valence-electron chi connectivity index (χ4n) is 0.727. The molecular formula is C9H8NO.